The van der Waals surface area contributed by atoms with E-state index in [0.717, 1.165) is 34.5 Å². The number of nitrogens with one attached hydrogen (secondary N) is 1. The van der Waals surface area contributed by atoms with Crippen LogP contribution < -0.4 is 5.32 Å². The predicted octanol–water partition coefficient (Wildman–Crippen LogP) is 1.52. The minimum Gasteiger partial charge on any atom is -0.353 e. The Labute approximate surface area is 138 Å². The lowest BCUT2D eigenvalue weighted by atomic mass is 10.2. The third-order valence-electron chi connectivity index (χ3n) is 3.29. The molecule has 3 aromatic rings. The molecule has 9 heteroatoms. The van der Waals surface area contributed by atoms with Crippen LogP contribution in [0.2, 0.25) is 0 Å². The molecule has 0 unspecified atom stereocenters. The molecule has 1 N–H and O–H groups in total. The number of thioether (sulfide) groups is 1. The minimum absolute atomic E-state index is 0.592. The van der Waals surface area contributed by atoms with Crippen molar-refractivity contribution < 1.29 is 0 Å². The van der Waals surface area contributed by atoms with Gasteiger partial charge in [0.2, 0.25) is 5.95 Å². The van der Waals surface area contributed by atoms with Gasteiger partial charge < -0.3 is 9.88 Å². The summed E-state index contributed by atoms with van der Waals surface area (Å²) >= 11 is 1.69. The first-order valence-corrected chi connectivity index (χ1v) is 8.15. The fourth-order valence-electron chi connectivity index (χ4n) is 2.06. The van der Waals surface area contributed by atoms with E-state index >= 15 is 0 Å². The first-order chi connectivity index (χ1) is 11.1. The lowest BCUT2D eigenvalue weighted by Crippen LogP contribution is -2.09. The molecule has 8 nitrogen and oxygen atoms in total. The monoisotopic (exact) mass is 330 g/mol. The third kappa shape index (κ3) is 3.50. The molecule has 0 fully saturated rings. The lowest BCUT2D eigenvalue weighted by molar-refractivity contribution is 0.770. The van der Waals surface area contributed by atoms with Crippen molar-refractivity contribution in [3.63, 3.8) is 0 Å². The molecular weight excluding hydrogens is 312 g/mol. The van der Waals surface area contributed by atoms with Gasteiger partial charge in [-0.05, 0) is 12.5 Å². The summed E-state index contributed by atoms with van der Waals surface area (Å²) in [6, 6.07) is 0. The molecule has 0 atom stereocenters. The van der Waals surface area contributed by atoms with Crippen LogP contribution in [0.25, 0.3) is 11.5 Å². The van der Waals surface area contributed by atoms with Crippen molar-refractivity contribution in [1.82, 2.24) is 34.3 Å². The number of anilines is 1. The number of hydrogen-bond acceptors (Lipinski definition) is 7. The first kappa shape index (κ1) is 15.5. The molecule has 0 radical (unpaired) electrons. The van der Waals surface area contributed by atoms with Crippen LogP contribution in [0.5, 0.6) is 0 Å². The highest BCUT2D eigenvalue weighted by Crippen LogP contribution is 2.19. The lowest BCUT2D eigenvalue weighted by Gasteiger charge is -2.08. The molecule has 0 aliphatic carbocycles. The maximum atomic E-state index is 4.55. The average molecular weight is 330 g/mol. The highest BCUT2D eigenvalue weighted by Gasteiger charge is 2.11. The summed E-state index contributed by atoms with van der Waals surface area (Å²) in [5.74, 6) is 2.20. The first-order valence-electron chi connectivity index (χ1n) is 7.17. The van der Waals surface area contributed by atoms with Crippen LogP contribution >= 0.6 is 11.8 Å². The molecule has 0 aliphatic heterocycles. The summed E-state index contributed by atoms with van der Waals surface area (Å²) in [6.07, 6.45) is 7.05. The Hall–Kier alpha value is -2.42. The number of nitrogens with zero attached hydrogens (tertiary/aromatic N) is 7. The van der Waals surface area contributed by atoms with Crippen LogP contribution in [0.15, 0.2) is 30.1 Å². The maximum absolute atomic E-state index is 4.55. The maximum Gasteiger partial charge on any atom is 0.223 e. The van der Waals surface area contributed by atoms with Crippen molar-refractivity contribution in [3.8, 4) is 11.5 Å². The zero-order valence-electron chi connectivity index (χ0n) is 13.3. The van der Waals surface area contributed by atoms with E-state index in [-0.39, 0.29) is 0 Å². The summed E-state index contributed by atoms with van der Waals surface area (Å²) in [4.78, 5) is 17.4. The van der Waals surface area contributed by atoms with Crippen molar-refractivity contribution >= 4 is 17.7 Å². The van der Waals surface area contributed by atoms with Gasteiger partial charge in [-0.25, -0.2) is 24.6 Å². The SMILES string of the molecule is Cc1cnc(NCCSc2nccn2C)nc1-c1ncnn1C. The summed E-state index contributed by atoms with van der Waals surface area (Å²) in [7, 11) is 3.83. The fraction of sp³-hybridized carbons (Fsp3) is 0.357. The predicted molar refractivity (Wildman–Crippen MR) is 89.2 cm³/mol. The van der Waals surface area contributed by atoms with Gasteiger partial charge in [0, 0.05) is 45.0 Å². The van der Waals surface area contributed by atoms with E-state index in [1.54, 1.807) is 28.8 Å². The topological polar surface area (TPSA) is 86.3 Å². The molecule has 3 aromatic heterocycles. The molecule has 3 heterocycles. The average Bonchev–Trinajstić information content (AvgIpc) is 3.14. The Morgan fingerprint density at radius 3 is 2.78 bits per heavy atom. The Kier molecular flexibility index (Phi) is 4.56. The van der Waals surface area contributed by atoms with Gasteiger partial charge >= 0.3 is 0 Å². The van der Waals surface area contributed by atoms with Gasteiger partial charge in [-0.15, -0.1) is 0 Å². The van der Waals surface area contributed by atoms with Gasteiger partial charge in [0.25, 0.3) is 0 Å². The number of aromatic nitrogens is 7. The second-order valence-corrected chi connectivity index (χ2v) is 6.09. The Bertz CT molecular complexity index is 794. The third-order valence-corrected chi connectivity index (χ3v) is 4.35. The zero-order valence-corrected chi connectivity index (χ0v) is 14.1. The fourth-order valence-corrected chi connectivity index (χ4v) is 2.85. The van der Waals surface area contributed by atoms with Gasteiger partial charge in [0.05, 0.1) is 0 Å². The summed E-state index contributed by atoms with van der Waals surface area (Å²) < 4.78 is 3.70. The molecule has 3 rings (SSSR count). The largest absolute Gasteiger partial charge is 0.353 e. The van der Waals surface area contributed by atoms with Crippen LogP contribution in [0.3, 0.4) is 0 Å². The minimum atomic E-state index is 0.592. The van der Waals surface area contributed by atoms with E-state index in [1.807, 2.05) is 31.8 Å². The van der Waals surface area contributed by atoms with Crippen molar-refractivity contribution in [2.24, 2.45) is 14.1 Å². The van der Waals surface area contributed by atoms with Gasteiger partial charge in [0.15, 0.2) is 11.0 Å². The number of aryl methyl sites for hydroxylation is 3. The molecular formula is C14H18N8S. The van der Waals surface area contributed by atoms with Crippen molar-refractivity contribution in [2.75, 3.05) is 17.6 Å². The van der Waals surface area contributed by atoms with Crippen LogP contribution in [0.4, 0.5) is 5.95 Å². The van der Waals surface area contributed by atoms with Crippen molar-refractivity contribution in [2.45, 2.75) is 12.1 Å². The second-order valence-electron chi connectivity index (χ2n) is 5.03. The van der Waals surface area contributed by atoms with Gasteiger partial charge in [-0.2, -0.15) is 5.10 Å². The van der Waals surface area contributed by atoms with Gasteiger partial charge in [-0.3, -0.25) is 0 Å². The Balaban J connectivity index is 1.63. The number of rotatable bonds is 6. The van der Waals surface area contributed by atoms with Crippen LogP contribution in [-0.4, -0.2) is 46.6 Å². The standard InChI is InChI=1S/C14H18N8S/c1-10-8-17-13(20-11(10)12-18-9-19-22(12)3)15-5-7-23-14-16-4-6-21(14)2/h4,6,8-9H,5,7H2,1-3H3,(H,15,17,20). The van der Waals surface area contributed by atoms with E-state index in [4.69, 9.17) is 0 Å². The number of hydrogen-bond donors (Lipinski definition) is 1. The summed E-state index contributed by atoms with van der Waals surface area (Å²) in [5, 5.41) is 8.32. The second kappa shape index (κ2) is 6.78. The molecule has 0 amide bonds. The molecule has 0 spiro atoms. The number of imidazole rings is 1. The quantitative estimate of drug-likeness (QED) is 0.541. The Morgan fingerprint density at radius 2 is 2.09 bits per heavy atom. The molecule has 0 saturated heterocycles. The van der Waals surface area contributed by atoms with Gasteiger partial charge in [0.1, 0.15) is 12.0 Å². The zero-order chi connectivity index (χ0) is 16.2. The molecule has 120 valence electrons. The van der Waals surface area contributed by atoms with E-state index in [1.165, 1.54) is 6.33 Å². The van der Waals surface area contributed by atoms with E-state index in [0.29, 0.717) is 5.95 Å². The van der Waals surface area contributed by atoms with E-state index < -0.39 is 0 Å². The van der Waals surface area contributed by atoms with E-state index in [2.05, 4.69) is 30.4 Å². The molecule has 0 bridgehead atoms. The highest BCUT2D eigenvalue weighted by molar-refractivity contribution is 7.99. The molecule has 0 aromatic carbocycles. The van der Waals surface area contributed by atoms with E-state index in [9.17, 15) is 0 Å². The molecule has 0 aliphatic rings. The normalized spacial score (nSPS) is 10.9. The van der Waals surface area contributed by atoms with Gasteiger partial charge in [-0.1, -0.05) is 11.8 Å². The summed E-state index contributed by atoms with van der Waals surface area (Å²) in [5.41, 5.74) is 1.76. The highest BCUT2D eigenvalue weighted by atomic mass is 32.2. The molecule has 0 saturated carbocycles. The molecule has 23 heavy (non-hydrogen) atoms. The van der Waals surface area contributed by atoms with Crippen LogP contribution in [0.1, 0.15) is 5.56 Å². The Morgan fingerprint density at radius 1 is 1.22 bits per heavy atom. The van der Waals surface area contributed by atoms with Crippen molar-refractivity contribution in [1.29, 1.82) is 0 Å². The summed E-state index contributed by atoms with van der Waals surface area (Å²) in [6.45, 7) is 2.71. The van der Waals surface area contributed by atoms with Crippen molar-refractivity contribution in [3.05, 3.63) is 30.5 Å². The smallest absolute Gasteiger partial charge is 0.223 e. The van der Waals surface area contributed by atoms with Crippen LogP contribution in [0, 0.1) is 6.92 Å². The van der Waals surface area contributed by atoms with Crippen LogP contribution in [-0.2, 0) is 14.1 Å².